The van der Waals surface area contributed by atoms with Crippen LogP contribution in [0.1, 0.15) is 6.92 Å². The fourth-order valence-corrected chi connectivity index (χ4v) is 0.974. The lowest BCUT2D eigenvalue weighted by atomic mass is 10.2. The lowest BCUT2D eigenvalue weighted by molar-refractivity contribution is -0.137. The van der Waals surface area contributed by atoms with Gasteiger partial charge in [-0.05, 0) is 6.92 Å². The molecule has 1 aliphatic heterocycles. The van der Waals surface area contributed by atoms with Crippen LogP contribution in [0.2, 0.25) is 0 Å². The number of aliphatic hydroxyl groups is 1. The second-order valence-corrected chi connectivity index (χ2v) is 3.02. The fraction of sp³-hybridized carbons (Fsp3) is 0.500. The summed E-state index contributed by atoms with van der Waals surface area (Å²) in [6.45, 7) is 1.57. The number of nitrogens with zero attached hydrogens (tertiary/aromatic N) is 1. The molecule has 2 amide bonds. The third kappa shape index (κ3) is 2.13. The summed E-state index contributed by atoms with van der Waals surface area (Å²) < 4.78 is 0. The molecule has 0 fully saturated rings. The molecule has 0 aromatic heterocycles. The summed E-state index contributed by atoms with van der Waals surface area (Å²) in [7, 11) is 0. The highest BCUT2D eigenvalue weighted by atomic mass is 16.3. The number of carbonyl (C=O) groups excluding carboxylic acids is 2. The van der Waals surface area contributed by atoms with E-state index in [1.54, 1.807) is 0 Å². The van der Waals surface area contributed by atoms with Crippen molar-refractivity contribution in [3.8, 4) is 0 Å². The van der Waals surface area contributed by atoms with Gasteiger partial charge in [0.25, 0.3) is 11.8 Å². The summed E-state index contributed by atoms with van der Waals surface area (Å²) in [5.74, 6) is -0.748. The lowest BCUT2D eigenvalue weighted by Gasteiger charge is -2.20. The normalized spacial score (nSPS) is 21.0. The largest absolute Gasteiger partial charge is 0.392 e. The van der Waals surface area contributed by atoms with Crippen molar-refractivity contribution in [2.75, 3.05) is 6.54 Å². The molecule has 2 unspecified atom stereocenters. The Morgan fingerprint density at radius 3 is 2.31 bits per heavy atom. The summed E-state index contributed by atoms with van der Waals surface area (Å²) in [5.41, 5.74) is 5.50. The summed E-state index contributed by atoms with van der Waals surface area (Å²) in [6, 6.07) is -0.590. The van der Waals surface area contributed by atoms with Gasteiger partial charge in [-0.3, -0.25) is 14.5 Å². The molecule has 0 bridgehead atoms. The first-order valence-corrected chi connectivity index (χ1v) is 3.99. The van der Waals surface area contributed by atoms with E-state index >= 15 is 0 Å². The monoisotopic (exact) mass is 184 g/mol. The number of imide groups is 1. The van der Waals surface area contributed by atoms with E-state index in [4.69, 9.17) is 10.8 Å². The quantitative estimate of drug-likeness (QED) is 0.529. The van der Waals surface area contributed by atoms with Crippen LogP contribution in [-0.4, -0.2) is 40.5 Å². The van der Waals surface area contributed by atoms with Gasteiger partial charge in [-0.1, -0.05) is 0 Å². The summed E-state index contributed by atoms with van der Waals surface area (Å²) in [5, 5.41) is 9.06. The Balaban J connectivity index is 2.55. The molecule has 0 saturated heterocycles. The molecule has 1 aliphatic rings. The van der Waals surface area contributed by atoms with Crippen molar-refractivity contribution < 1.29 is 14.7 Å². The van der Waals surface area contributed by atoms with Crippen LogP contribution in [0.4, 0.5) is 0 Å². The molecular formula is C8H12N2O3. The van der Waals surface area contributed by atoms with Crippen molar-refractivity contribution in [3.63, 3.8) is 0 Å². The van der Waals surface area contributed by atoms with Crippen LogP contribution in [0.5, 0.6) is 0 Å². The molecular weight excluding hydrogens is 172 g/mol. The maximum absolute atomic E-state index is 11.0. The van der Waals surface area contributed by atoms with Gasteiger partial charge in [-0.2, -0.15) is 0 Å². The average Bonchev–Trinajstić information content (AvgIpc) is 2.35. The fourth-order valence-electron chi connectivity index (χ4n) is 0.974. The number of nitrogens with two attached hydrogens (primary N) is 1. The zero-order valence-electron chi connectivity index (χ0n) is 7.30. The van der Waals surface area contributed by atoms with Crippen molar-refractivity contribution in [2.24, 2.45) is 5.73 Å². The van der Waals surface area contributed by atoms with Gasteiger partial charge >= 0.3 is 0 Å². The second kappa shape index (κ2) is 3.68. The molecule has 13 heavy (non-hydrogen) atoms. The second-order valence-electron chi connectivity index (χ2n) is 3.02. The van der Waals surface area contributed by atoms with E-state index in [1.807, 2.05) is 0 Å². The standard InChI is InChI=1S/C8H12N2O3/c1-5(11)6(9)4-10-7(12)2-3-8(10)13/h2-3,5-6,11H,4,9H2,1H3. The van der Waals surface area contributed by atoms with Crippen molar-refractivity contribution in [1.29, 1.82) is 0 Å². The Morgan fingerprint density at radius 1 is 1.46 bits per heavy atom. The molecule has 1 rings (SSSR count). The molecule has 0 spiro atoms. The number of hydrogen-bond acceptors (Lipinski definition) is 4. The zero-order valence-corrected chi connectivity index (χ0v) is 7.30. The number of rotatable bonds is 3. The molecule has 0 saturated carbocycles. The minimum atomic E-state index is -0.735. The molecule has 5 heteroatoms. The maximum Gasteiger partial charge on any atom is 0.253 e. The van der Waals surface area contributed by atoms with E-state index < -0.39 is 12.1 Å². The first-order chi connectivity index (χ1) is 6.02. The molecule has 0 aliphatic carbocycles. The molecule has 5 nitrogen and oxygen atoms in total. The smallest absolute Gasteiger partial charge is 0.253 e. The maximum atomic E-state index is 11.0. The molecule has 2 atom stereocenters. The van der Waals surface area contributed by atoms with E-state index in [-0.39, 0.29) is 18.4 Å². The highest BCUT2D eigenvalue weighted by Crippen LogP contribution is 2.04. The van der Waals surface area contributed by atoms with Crippen LogP contribution in [0, 0.1) is 0 Å². The van der Waals surface area contributed by atoms with Gasteiger partial charge in [0.1, 0.15) is 0 Å². The van der Waals surface area contributed by atoms with Crippen LogP contribution in [0.15, 0.2) is 12.2 Å². The zero-order chi connectivity index (χ0) is 10.0. The molecule has 3 N–H and O–H groups in total. The van der Waals surface area contributed by atoms with Crippen molar-refractivity contribution in [1.82, 2.24) is 4.90 Å². The molecule has 0 aromatic carbocycles. The average molecular weight is 184 g/mol. The Morgan fingerprint density at radius 2 is 1.92 bits per heavy atom. The Labute approximate surface area is 75.8 Å². The van der Waals surface area contributed by atoms with E-state index in [9.17, 15) is 9.59 Å². The Hall–Kier alpha value is -1.20. The third-order valence-corrected chi connectivity index (χ3v) is 1.91. The van der Waals surface area contributed by atoms with Gasteiger partial charge in [-0.15, -0.1) is 0 Å². The predicted octanol–water partition coefficient (Wildman–Crippen LogP) is -1.38. The van der Waals surface area contributed by atoms with Gasteiger partial charge in [0, 0.05) is 24.7 Å². The minimum Gasteiger partial charge on any atom is -0.392 e. The van der Waals surface area contributed by atoms with E-state index in [0.717, 1.165) is 4.90 Å². The topological polar surface area (TPSA) is 83.6 Å². The first kappa shape index (κ1) is 9.88. The van der Waals surface area contributed by atoms with Crippen molar-refractivity contribution >= 4 is 11.8 Å². The minimum absolute atomic E-state index is 0.0579. The molecule has 72 valence electrons. The van der Waals surface area contributed by atoms with Crippen LogP contribution < -0.4 is 5.73 Å². The number of aliphatic hydroxyl groups excluding tert-OH is 1. The SMILES string of the molecule is CC(O)C(N)CN1C(=O)C=CC1=O. The van der Waals surface area contributed by atoms with Crippen molar-refractivity contribution in [3.05, 3.63) is 12.2 Å². The third-order valence-electron chi connectivity index (χ3n) is 1.91. The molecule has 0 radical (unpaired) electrons. The summed E-state index contributed by atoms with van der Waals surface area (Å²) in [4.78, 5) is 23.1. The first-order valence-electron chi connectivity index (χ1n) is 3.99. The van der Waals surface area contributed by atoms with Gasteiger partial charge in [-0.25, -0.2) is 0 Å². The van der Waals surface area contributed by atoms with Crippen molar-refractivity contribution in [2.45, 2.75) is 19.1 Å². The highest BCUT2D eigenvalue weighted by Gasteiger charge is 2.26. The summed E-state index contributed by atoms with van der Waals surface area (Å²) >= 11 is 0. The van der Waals surface area contributed by atoms with Gasteiger partial charge < -0.3 is 10.8 Å². The van der Waals surface area contributed by atoms with E-state index in [0.29, 0.717) is 0 Å². The number of amides is 2. The van der Waals surface area contributed by atoms with E-state index in [1.165, 1.54) is 19.1 Å². The summed E-state index contributed by atoms with van der Waals surface area (Å²) in [6.07, 6.45) is 1.65. The highest BCUT2D eigenvalue weighted by molar-refractivity contribution is 6.12. The van der Waals surface area contributed by atoms with Gasteiger partial charge in [0.2, 0.25) is 0 Å². The van der Waals surface area contributed by atoms with Gasteiger partial charge in [0.05, 0.1) is 6.10 Å². The predicted molar refractivity (Wildman–Crippen MR) is 45.5 cm³/mol. The molecule has 0 aromatic rings. The van der Waals surface area contributed by atoms with Crippen LogP contribution >= 0.6 is 0 Å². The number of hydrogen-bond donors (Lipinski definition) is 2. The van der Waals surface area contributed by atoms with Crippen LogP contribution in [-0.2, 0) is 9.59 Å². The van der Waals surface area contributed by atoms with Crippen LogP contribution in [0.3, 0.4) is 0 Å². The lowest BCUT2D eigenvalue weighted by Crippen LogP contribution is -2.46. The Bertz CT molecular complexity index is 242. The van der Waals surface area contributed by atoms with Gasteiger partial charge in [0.15, 0.2) is 0 Å². The Kier molecular flexibility index (Phi) is 2.79. The van der Waals surface area contributed by atoms with E-state index in [2.05, 4.69) is 0 Å². The van der Waals surface area contributed by atoms with Crippen LogP contribution in [0.25, 0.3) is 0 Å². The number of carbonyl (C=O) groups is 2. The molecule has 1 heterocycles.